The van der Waals surface area contributed by atoms with Crippen molar-refractivity contribution in [1.29, 1.82) is 0 Å². The van der Waals surface area contributed by atoms with E-state index >= 15 is 0 Å². The number of hydrogen-bond acceptors (Lipinski definition) is 3. The van der Waals surface area contributed by atoms with Crippen molar-refractivity contribution in [2.24, 2.45) is 0 Å². The molecule has 1 aromatic heterocycles. The summed E-state index contributed by atoms with van der Waals surface area (Å²) in [5.41, 5.74) is -0.144. The molecule has 0 aromatic carbocycles. The van der Waals surface area contributed by atoms with Crippen LogP contribution in [-0.4, -0.2) is 23.7 Å². The number of nitrogens with one attached hydrogen (secondary N) is 1. The van der Waals surface area contributed by atoms with Crippen LogP contribution in [0.4, 0.5) is 0 Å². The van der Waals surface area contributed by atoms with E-state index in [1.807, 2.05) is 0 Å². The van der Waals surface area contributed by atoms with Crippen molar-refractivity contribution in [2.45, 2.75) is 0 Å². The zero-order valence-electron chi connectivity index (χ0n) is 6.48. The molecule has 2 N–H and O–H groups in total. The average molecular weight is 171 g/mol. The minimum absolute atomic E-state index is 0.144. The Kier molecular flexibility index (Phi) is 5.08. The summed E-state index contributed by atoms with van der Waals surface area (Å²) in [5.74, 6) is 0.582. The minimum atomic E-state index is -0.250. The van der Waals surface area contributed by atoms with Gasteiger partial charge in [0.2, 0.25) is 0 Å². The van der Waals surface area contributed by atoms with Crippen LogP contribution in [0.3, 0.4) is 0 Å². The fourth-order valence-corrected chi connectivity index (χ4v) is 0.552. The highest BCUT2D eigenvalue weighted by atomic mass is 16.5. The number of carbonyl (C=O) groups is 1. The van der Waals surface area contributed by atoms with E-state index < -0.39 is 0 Å². The van der Waals surface area contributed by atoms with Gasteiger partial charge in [0.25, 0.3) is 12.0 Å². The lowest BCUT2D eigenvalue weighted by Gasteiger charge is -1.93. The zero-order chi connectivity index (χ0) is 9.40. The molecule has 0 spiro atoms. The highest BCUT2D eigenvalue weighted by Crippen LogP contribution is 2.00. The lowest BCUT2D eigenvalue weighted by molar-refractivity contribution is -0.122. The molecule has 5 nitrogen and oxygen atoms in total. The molecule has 0 saturated heterocycles. The lowest BCUT2D eigenvalue weighted by Crippen LogP contribution is -2.01. The fraction of sp³-hybridized carbons (Fsp3) is 0.143. The summed E-state index contributed by atoms with van der Waals surface area (Å²) in [6.07, 6.45) is 1.54. The predicted octanol–water partition coefficient (Wildman–Crippen LogP) is 0.0843. The van der Waals surface area contributed by atoms with Crippen LogP contribution in [-0.2, 0) is 4.79 Å². The van der Waals surface area contributed by atoms with Crippen LogP contribution in [0.25, 0.3) is 0 Å². The highest BCUT2D eigenvalue weighted by Gasteiger charge is 1.86. The van der Waals surface area contributed by atoms with Gasteiger partial charge in [0.1, 0.15) is 5.75 Å². The maximum Gasteiger partial charge on any atom is 0.290 e. The molecule has 5 heteroatoms. The molecular weight excluding hydrogens is 162 g/mol. The second kappa shape index (κ2) is 5.96. The number of ether oxygens (including phenoxy) is 1. The number of aromatic nitrogens is 1. The maximum atomic E-state index is 10.5. The van der Waals surface area contributed by atoms with Gasteiger partial charge in [-0.1, -0.05) is 0 Å². The third-order valence-electron chi connectivity index (χ3n) is 0.982. The third kappa shape index (κ3) is 4.10. The lowest BCUT2D eigenvalue weighted by atomic mass is 10.4. The summed E-state index contributed by atoms with van der Waals surface area (Å²) in [6.45, 7) is -0.250. The van der Waals surface area contributed by atoms with Crippen molar-refractivity contribution in [1.82, 2.24) is 4.98 Å². The van der Waals surface area contributed by atoms with Crippen molar-refractivity contribution in [3.8, 4) is 5.75 Å². The second-order valence-electron chi connectivity index (χ2n) is 1.70. The third-order valence-corrected chi connectivity index (χ3v) is 0.982. The summed E-state index contributed by atoms with van der Waals surface area (Å²) < 4.78 is 4.78. The van der Waals surface area contributed by atoms with Gasteiger partial charge in [0.05, 0.1) is 7.11 Å². The molecule has 0 bridgehead atoms. The quantitative estimate of drug-likeness (QED) is 0.586. The molecular formula is C7H9NO4. The van der Waals surface area contributed by atoms with Crippen molar-refractivity contribution in [3.63, 3.8) is 0 Å². The summed E-state index contributed by atoms with van der Waals surface area (Å²) in [4.78, 5) is 21.3. The van der Waals surface area contributed by atoms with Crippen LogP contribution >= 0.6 is 0 Å². The molecule has 1 rings (SSSR count). The Bertz CT molecular complexity index is 281. The van der Waals surface area contributed by atoms with E-state index in [1.165, 1.54) is 13.2 Å². The van der Waals surface area contributed by atoms with E-state index in [2.05, 4.69) is 4.98 Å². The normalized spacial score (nSPS) is 7.75. The van der Waals surface area contributed by atoms with Gasteiger partial charge in [0.15, 0.2) is 0 Å². The van der Waals surface area contributed by atoms with Crippen molar-refractivity contribution >= 4 is 6.47 Å². The number of H-pyrrole nitrogens is 1. The standard InChI is InChI=1S/C6H7NO2.CH2O2/c1-9-5-2-3-7-6(8)4-5;2-1-3/h2-4H,1H3,(H,7,8);1H,(H,2,3). The van der Waals surface area contributed by atoms with Crippen molar-refractivity contribution in [2.75, 3.05) is 7.11 Å². The monoisotopic (exact) mass is 171 g/mol. The molecule has 0 atom stereocenters. The van der Waals surface area contributed by atoms with E-state index in [-0.39, 0.29) is 12.0 Å². The first-order chi connectivity index (χ1) is 5.74. The number of methoxy groups -OCH3 is 1. The van der Waals surface area contributed by atoms with E-state index in [0.717, 1.165) is 0 Å². The Morgan fingerprint density at radius 3 is 2.58 bits per heavy atom. The van der Waals surface area contributed by atoms with Crippen LogP contribution in [0.2, 0.25) is 0 Å². The van der Waals surface area contributed by atoms with E-state index in [9.17, 15) is 4.79 Å². The van der Waals surface area contributed by atoms with Gasteiger partial charge in [-0.3, -0.25) is 9.59 Å². The smallest absolute Gasteiger partial charge is 0.290 e. The van der Waals surface area contributed by atoms with Gasteiger partial charge >= 0.3 is 0 Å². The largest absolute Gasteiger partial charge is 0.497 e. The molecule has 0 saturated carbocycles. The van der Waals surface area contributed by atoms with Crippen LogP contribution < -0.4 is 10.3 Å². The summed E-state index contributed by atoms with van der Waals surface area (Å²) in [5, 5.41) is 6.89. The molecule has 0 aliphatic heterocycles. The van der Waals surface area contributed by atoms with Crippen molar-refractivity contribution in [3.05, 3.63) is 28.7 Å². The maximum absolute atomic E-state index is 10.5. The molecule has 1 heterocycles. The number of rotatable bonds is 1. The molecule has 0 aliphatic rings. The average Bonchev–Trinajstić information content (AvgIpc) is 2.06. The molecule has 66 valence electrons. The van der Waals surface area contributed by atoms with Crippen LogP contribution in [0.5, 0.6) is 5.75 Å². The SMILES string of the molecule is COc1cc[nH]c(=O)c1.O=CO. The molecule has 0 amide bonds. The van der Waals surface area contributed by atoms with Crippen LogP contribution in [0, 0.1) is 0 Å². The number of carboxylic acid groups (broad SMARTS) is 1. The first-order valence-corrected chi connectivity index (χ1v) is 3.05. The number of aromatic amines is 1. The van der Waals surface area contributed by atoms with Gasteiger partial charge in [-0.2, -0.15) is 0 Å². The van der Waals surface area contributed by atoms with Gasteiger partial charge in [0, 0.05) is 12.3 Å². The van der Waals surface area contributed by atoms with Gasteiger partial charge < -0.3 is 14.8 Å². The van der Waals surface area contributed by atoms with Gasteiger partial charge in [-0.25, -0.2) is 0 Å². The first-order valence-electron chi connectivity index (χ1n) is 3.05. The summed E-state index contributed by atoms with van der Waals surface area (Å²) in [6, 6.07) is 3.07. The Hall–Kier alpha value is -1.78. The molecule has 0 aliphatic carbocycles. The summed E-state index contributed by atoms with van der Waals surface area (Å²) >= 11 is 0. The first kappa shape index (κ1) is 10.2. The molecule has 0 fully saturated rings. The summed E-state index contributed by atoms with van der Waals surface area (Å²) in [7, 11) is 1.52. The predicted molar refractivity (Wildman–Crippen MR) is 42.3 cm³/mol. The zero-order valence-corrected chi connectivity index (χ0v) is 6.48. The molecule has 0 radical (unpaired) electrons. The fourth-order valence-electron chi connectivity index (χ4n) is 0.552. The number of hydrogen-bond donors (Lipinski definition) is 2. The van der Waals surface area contributed by atoms with Crippen LogP contribution in [0.1, 0.15) is 0 Å². The Morgan fingerprint density at radius 2 is 2.25 bits per heavy atom. The molecule has 0 unspecified atom stereocenters. The van der Waals surface area contributed by atoms with E-state index in [1.54, 1.807) is 12.3 Å². The minimum Gasteiger partial charge on any atom is -0.497 e. The molecule has 12 heavy (non-hydrogen) atoms. The molecule has 1 aromatic rings. The van der Waals surface area contributed by atoms with E-state index in [4.69, 9.17) is 14.6 Å². The Morgan fingerprint density at radius 1 is 1.67 bits per heavy atom. The number of pyridine rings is 1. The van der Waals surface area contributed by atoms with Crippen LogP contribution in [0.15, 0.2) is 23.1 Å². The Labute approximate surface area is 68.6 Å². The van der Waals surface area contributed by atoms with E-state index in [0.29, 0.717) is 5.75 Å². The van der Waals surface area contributed by atoms with Crippen molar-refractivity contribution < 1.29 is 14.6 Å². The second-order valence-corrected chi connectivity index (χ2v) is 1.70. The van der Waals surface area contributed by atoms with Gasteiger partial charge in [-0.05, 0) is 6.07 Å². The Balaban J connectivity index is 0.000000354. The van der Waals surface area contributed by atoms with Gasteiger partial charge in [-0.15, -0.1) is 0 Å². The topological polar surface area (TPSA) is 79.4 Å². The highest BCUT2D eigenvalue weighted by molar-refractivity contribution is 5.32.